The molecule has 4 rings (SSSR count). The number of Topliss-reactive ketones (excluding diaryl/α,β-unsaturated/α-hetero) is 1. The van der Waals surface area contributed by atoms with Gasteiger partial charge in [0, 0.05) is 40.7 Å². The number of benzene rings is 2. The lowest BCUT2D eigenvalue weighted by Crippen LogP contribution is -2.45. The number of nitrogens with one attached hydrogen (secondary N) is 1. The van der Waals surface area contributed by atoms with Gasteiger partial charge in [0.1, 0.15) is 11.8 Å². The van der Waals surface area contributed by atoms with Crippen molar-refractivity contribution in [2.45, 2.75) is 90.5 Å². The average Bonchev–Trinajstić information content (AvgIpc) is 3.62. The molecule has 0 aliphatic carbocycles. The summed E-state index contributed by atoms with van der Waals surface area (Å²) in [6, 6.07) is 18.1. The molecular formula is C40H50N4O5S. The van der Waals surface area contributed by atoms with E-state index < -0.39 is 23.8 Å². The summed E-state index contributed by atoms with van der Waals surface area (Å²) < 4.78 is 5.89. The number of nitrogens with zero attached hydrogens (tertiary/aromatic N) is 2. The van der Waals surface area contributed by atoms with Crippen LogP contribution in [0.3, 0.4) is 0 Å². The van der Waals surface area contributed by atoms with E-state index in [-0.39, 0.29) is 37.0 Å². The fraction of sp³-hybridized carbons (Fsp3) is 0.425. The van der Waals surface area contributed by atoms with Crippen molar-refractivity contribution >= 4 is 29.0 Å². The van der Waals surface area contributed by atoms with Gasteiger partial charge in [-0.15, -0.1) is 11.3 Å². The normalized spacial score (nSPS) is 12.7. The molecule has 0 saturated carbocycles. The Kier molecular flexibility index (Phi) is 14.2. The third-order valence-corrected chi connectivity index (χ3v) is 10.1. The molecule has 0 saturated heterocycles. The van der Waals surface area contributed by atoms with E-state index in [1.807, 2.05) is 54.6 Å². The van der Waals surface area contributed by atoms with E-state index in [2.05, 4.69) is 43.0 Å². The maximum absolute atomic E-state index is 13.4. The Balaban J connectivity index is 1.42. The van der Waals surface area contributed by atoms with Gasteiger partial charge in [-0.05, 0) is 66.6 Å². The molecule has 0 aliphatic heterocycles. The Morgan fingerprint density at radius 3 is 2.14 bits per heavy atom. The second-order valence-corrected chi connectivity index (χ2v) is 14.8. The van der Waals surface area contributed by atoms with E-state index in [0.717, 1.165) is 45.9 Å². The van der Waals surface area contributed by atoms with Crippen LogP contribution in [0, 0.1) is 5.92 Å². The number of ether oxygens (including phenoxy) is 1. The number of nitrogens with two attached hydrogens (primary N) is 1. The smallest absolute Gasteiger partial charge is 0.326 e. The number of ketones is 1. The molecule has 4 N–H and O–H groups in total. The highest BCUT2D eigenvalue weighted by atomic mass is 32.1. The lowest BCUT2D eigenvalue weighted by Gasteiger charge is -2.20. The van der Waals surface area contributed by atoms with E-state index >= 15 is 0 Å². The number of aliphatic carboxylic acids is 1. The van der Waals surface area contributed by atoms with Crippen molar-refractivity contribution in [3.63, 3.8) is 0 Å². The molecule has 266 valence electrons. The van der Waals surface area contributed by atoms with Crippen molar-refractivity contribution in [2.24, 2.45) is 11.7 Å². The van der Waals surface area contributed by atoms with E-state index in [1.54, 1.807) is 18.5 Å². The molecule has 9 nitrogen and oxygen atoms in total. The highest BCUT2D eigenvalue weighted by Crippen LogP contribution is 2.31. The Hall–Kier alpha value is -4.41. The van der Waals surface area contributed by atoms with Gasteiger partial charge < -0.3 is 20.9 Å². The number of hydrogen-bond donors (Lipinski definition) is 3. The van der Waals surface area contributed by atoms with Gasteiger partial charge in [0.05, 0.1) is 11.5 Å². The average molecular weight is 699 g/mol. The fourth-order valence-electron chi connectivity index (χ4n) is 5.53. The van der Waals surface area contributed by atoms with Gasteiger partial charge in [-0.25, -0.2) is 14.8 Å². The first-order valence-electron chi connectivity index (χ1n) is 17.5. The summed E-state index contributed by atoms with van der Waals surface area (Å²) in [6.45, 7) is 9.30. The zero-order valence-electron chi connectivity index (χ0n) is 29.6. The second-order valence-electron chi connectivity index (χ2n) is 13.7. The first-order valence-corrected chi connectivity index (χ1v) is 18.3. The maximum Gasteiger partial charge on any atom is 0.326 e. The predicted molar refractivity (Wildman–Crippen MR) is 200 cm³/mol. The Morgan fingerprint density at radius 1 is 0.880 bits per heavy atom. The molecule has 0 aliphatic rings. The van der Waals surface area contributed by atoms with Gasteiger partial charge in [0.25, 0.3) is 0 Å². The van der Waals surface area contributed by atoms with Crippen LogP contribution in [0.2, 0.25) is 0 Å². The lowest BCUT2D eigenvalue weighted by molar-refractivity contribution is -0.142. The standard InChI is InChI=1S/C40H50N4O5S/c1-5-6-7-8-9-22-49-32-16-14-28(15-17-32)31-25-42-37(43-26-31)29-12-10-27(11-13-29)23-30(38(46)44-33(20-21-41)39(47)48)24-34(45)35-18-19-36(50-35)40(2,3)4/h10-19,25-26,30,33H,5-9,20-24,41H2,1-4H3,(H,44,46)(H,47,48)/t30-,33+/m1/s1. The minimum Gasteiger partial charge on any atom is -0.494 e. The zero-order chi connectivity index (χ0) is 36.1. The molecule has 2 atom stereocenters. The van der Waals surface area contributed by atoms with Gasteiger partial charge in [0.15, 0.2) is 11.6 Å². The largest absolute Gasteiger partial charge is 0.494 e. The number of amides is 1. The molecular weight excluding hydrogens is 649 g/mol. The fourth-order valence-corrected chi connectivity index (χ4v) is 6.54. The number of aromatic nitrogens is 2. The number of carboxylic acid groups (broad SMARTS) is 1. The highest BCUT2D eigenvalue weighted by molar-refractivity contribution is 7.14. The summed E-state index contributed by atoms with van der Waals surface area (Å²) in [5, 5.41) is 12.2. The van der Waals surface area contributed by atoms with Crippen LogP contribution >= 0.6 is 11.3 Å². The number of thiophene rings is 1. The van der Waals surface area contributed by atoms with Crippen LogP contribution in [0.1, 0.15) is 92.8 Å². The molecule has 0 fully saturated rings. The summed E-state index contributed by atoms with van der Waals surface area (Å²) in [5.74, 6) is -1.16. The number of unbranched alkanes of at least 4 members (excludes halogenated alkanes) is 4. The highest BCUT2D eigenvalue weighted by Gasteiger charge is 2.28. The third kappa shape index (κ3) is 11.3. The van der Waals surface area contributed by atoms with Gasteiger partial charge in [-0.3, -0.25) is 9.59 Å². The number of hydrogen-bond acceptors (Lipinski definition) is 8. The molecule has 2 heterocycles. The quantitative estimate of drug-likeness (QED) is 0.0663. The SMILES string of the molecule is CCCCCCCOc1ccc(-c2cnc(-c3ccc(C[C@H](CC(=O)c4ccc(C(C)(C)C)s4)C(=O)N[C@@H](CCN)C(=O)O)cc3)nc2)cc1. The van der Waals surface area contributed by atoms with Gasteiger partial charge >= 0.3 is 5.97 Å². The van der Waals surface area contributed by atoms with Gasteiger partial charge in [0.2, 0.25) is 5.91 Å². The molecule has 4 aromatic rings. The first-order chi connectivity index (χ1) is 24.0. The van der Waals surface area contributed by atoms with Crippen LogP contribution in [0.4, 0.5) is 0 Å². The number of carboxylic acids is 1. The van der Waals surface area contributed by atoms with Crippen LogP contribution in [0.5, 0.6) is 5.75 Å². The first kappa shape index (κ1) is 38.4. The summed E-state index contributed by atoms with van der Waals surface area (Å²) in [4.78, 5) is 49.4. The maximum atomic E-state index is 13.4. The molecule has 10 heteroatoms. The Morgan fingerprint density at radius 2 is 1.54 bits per heavy atom. The molecule has 0 radical (unpaired) electrons. The molecule has 1 amide bonds. The Labute approximate surface area is 299 Å². The zero-order valence-corrected chi connectivity index (χ0v) is 30.4. The van der Waals surface area contributed by atoms with E-state index in [4.69, 9.17) is 10.5 Å². The van der Waals surface area contributed by atoms with Crippen molar-refractivity contribution < 1.29 is 24.2 Å². The molecule has 50 heavy (non-hydrogen) atoms. The van der Waals surface area contributed by atoms with Crippen molar-refractivity contribution in [2.75, 3.05) is 13.2 Å². The van der Waals surface area contributed by atoms with Crippen molar-refractivity contribution in [1.82, 2.24) is 15.3 Å². The van der Waals surface area contributed by atoms with Crippen LogP contribution in [-0.4, -0.2) is 51.9 Å². The van der Waals surface area contributed by atoms with Crippen LogP contribution in [0.15, 0.2) is 73.1 Å². The number of carbonyl (C=O) groups is 3. The number of carbonyl (C=O) groups excluding carboxylic acids is 2. The van der Waals surface area contributed by atoms with Crippen LogP contribution in [0.25, 0.3) is 22.5 Å². The molecule has 0 unspecified atom stereocenters. The lowest BCUT2D eigenvalue weighted by atomic mass is 9.92. The van der Waals surface area contributed by atoms with Crippen LogP contribution in [-0.2, 0) is 21.4 Å². The van der Waals surface area contributed by atoms with Crippen molar-refractivity contribution in [3.8, 4) is 28.3 Å². The second kappa shape index (κ2) is 18.5. The van der Waals surface area contributed by atoms with Crippen molar-refractivity contribution in [1.29, 1.82) is 0 Å². The van der Waals surface area contributed by atoms with Crippen molar-refractivity contribution in [3.05, 3.63) is 88.4 Å². The minimum atomic E-state index is -1.16. The van der Waals surface area contributed by atoms with Crippen LogP contribution < -0.4 is 15.8 Å². The minimum absolute atomic E-state index is 0.0522. The topological polar surface area (TPSA) is 144 Å². The predicted octanol–water partition coefficient (Wildman–Crippen LogP) is 7.87. The van der Waals surface area contributed by atoms with E-state index in [9.17, 15) is 19.5 Å². The summed E-state index contributed by atoms with van der Waals surface area (Å²) in [7, 11) is 0. The summed E-state index contributed by atoms with van der Waals surface area (Å²) >= 11 is 1.43. The molecule has 0 spiro atoms. The van der Waals surface area contributed by atoms with Gasteiger partial charge in [-0.1, -0.05) is 89.8 Å². The monoisotopic (exact) mass is 698 g/mol. The van der Waals surface area contributed by atoms with E-state index in [0.29, 0.717) is 10.7 Å². The molecule has 0 bridgehead atoms. The molecule has 2 aromatic carbocycles. The summed E-state index contributed by atoms with van der Waals surface area (Å²) in [6.07, 6.45) is 9.89. The third-order valence-electron chi connectivity index (χ3n) is 8.54. The summed E-state index contributed by atoms with van der Waals surface area (Å²) in [5.41, 5.74) is 9.01. The van der Waals surface area contributed by atoms with Gasteiger partial charge in [-0.2, -0.15) is 0 Å². The number of rotatable bonds is 19. The van der Waals surface area contributed by atoms with E-state index in [1.165, 1.54) is 37.0 Å². The molecule has 2 aromatic heterocycles. The Bertz CT molecular complexity index is 1680.